The van der Waals surface area contributed by atoms with Crippen LogP contribution < -0.4 is 0 Å². The van der Waals surface area contributed by atoms with Crippen molar-refractivity contribution in [2.45, 2.75) is 18.7 Å². The first-order valence-corrected chi connectivity index (χ1v) is 5.62. The fraction of sp³-hybridized carbons (Fsp3) is 0.417. The summed E-state index contributed by atoms with van der Waals surface area (Å²) >= 11 is 0. The number of benzene rings is 1. The second-order valence-corrected chi connectivity index (χ2v) is 4.42. The molecule has 19 heavy (non-hydrogen) atoms. The van der Waals surface area contributed by atoms with E-state index in [2.05, 4.69) is 0 Å². The lowest BCUT2D eigenvalue weighted by molar-refractivity contribution is -0.137. The molecule has 0 radical (unpaired) electrons. The molecule has 1 heterocycles. The van der Waals surface area contributed by atoms with Gasteiger partial charge in [-0.05, 0) is 24.6 Å². The van der Waals surface area contributed by atoms with Crippen LogP contribution in [0.15, 0.2) is 18.2 Å². The molecule has 1 fully saturated rings. The fourth-order valence-corrected chi connectivity index (χ4v) is 1.99. The summed E-state index contributed by atoms with van der Waals surface area (Å²) in [5.41, 5.74) is -1.56. The van der Waals surface area contributed by atoms with Crippen LogP contribution in [0.4, 0.5) is 17.6 Å². The number of aliphatic hydroxyl groups is 1. The molecule has 7 heteroatoms. The molecule has 0 bridgehead atoms. The molecule has 0 spiro atoms. The lowest BCUT2D eigenvalue weighted by Gasteiger charge is -2.16. The Hall–Kier alpha value is -1.63. The van der Waals surface area contributed by atoms with Gasteiger partial charge in [0.25, 0.3) is 5.91 Å². The summed E-state index contributed by atoms with van der Waals surface area (Å²) < 4.78 is 50.7. The Balaban J connectivity index is 2.29. The number of hydrogen-bond donors (Lipinski definition) is 1. The van der Waals surface area contributed by atoms with E-state index in [0.717, 1.165) is 6.07 Å². The van der Waals surface area contributed by atoms with E-state index in [1.54, 1.807) is 0 Å². The number of carbonyl (C=O) groups excluding carboxylic acids is 1. The van der Waals surface area contributed by atoms with Gasteiger partial charge < -0.3 is 10.0 Å². The highest BCUT2D eigenvalue weighted by Crippen LogP contribution is 2.30. The highest BCUT2D eigenvalue weighted by molar-refractivity contribution is 5.94. The third kappa shape index (κ3) is 3.04. The van der Waals surface area contributed by atoms with Gasteiger partial charge >= 0.3 is 6.18 Å². The van der Waals surface area contributed by atoms with Crippen molar-refractivity contribution in [1.82, 2.24) is 4.90 Å². The predicted molar refractivity (Wildman–Crippen MR) is 57.9 cm³/mol. The maximum Gasteiger partial charge on any atom is 0.416 e. The number of halogens is 4. The van der Waals surface area contributed by atoms with E-state index in [1.165, 1.54) is 4.90 Å². The van der Waals surface area contributed by atoms with Crippen LogP contribution in [0.2, 0.25) is 0 Å². The first-order valence-electron chi connectivity index (χ1n) is 5.62. The van der Waals surface area contributed by atoms with Crippen molar-refractivity contribution in [3.05, 3.63) is 35.1 Å². The number of hydrogen-bond acceptors (Lipinski definition) is 2. The Morgan fingerprint density at radius 3 is 2.53 bits per heavy atom. The van der Waals surface area contributed by atoms with E-state index in [4.69, 9.17) is 0 Å². The lowest BCUT2D eigenvalue weighted by atomic mass is 10.1. The van der Waals surface area contributed by atoms with E-state index < -0.39 is 29.6 Å². The number of nitrogens with zero attached hydrogens (tertiary/aromatic N) is 1. The average molecular weight is 277 g/mol. The molecule has 1 amide bonds. The van der Waals surface area contributed by atoms with E-state index in [9.17, 15) is 27.5 Å². The van der Waals surface area contributed by atoms with Gasteiger partial charge in [0, 0.05) is 18.7 Å². The molecular formula is C12H11F4NO2. The predicted octanol–water partition coefficient (Wildman–Crippen LogP) is 2.05. The lowest BCUT2D eigenvalue weighted by Crippen LogP contribution is -2.29. The van der Waals surface area contributed by atoms with Crippen molar-refractivity contribution < 1.29 is 27.5 Å². The Kier molecular flexibility index (Phi) is 3.49. The minimum atomic E-state index is -4.71. The number of alkyl halides is 3. The van der Waals surface area contributed by atoms with Crippen LogP contribution in [0, 0.1) is 5.82 Å². The molecule has 0 aliphatic carbocycles. The molecule has 1 atom stereocenters. The summed E-state index contributed by atoms with van der Waals surface area (Å²) in [6, 6.07) is 1.73. The van der Waals surface area contributed by atoms with Crippen LogP contribution in [0.25, 0.3) is 0 Å². The maximum absolute atomic E-state index is 13.2. The summed E-state index contributed by atoms with van der Waals surface area (Å²) in [6.07, 6.45) is -5.02. The van der Waals surface area contributed by atoms with Crippen LogP contribution >= 0.6 is 0 Å². The van der Waals surface area contributed by atoms with Gasteiger partial charge in [-0.15, -0.1) is 0 Å². The van der Waals surface area contributed by atoms with Crippen molar-refractivity contribution >= 4 is 5.91 Å². The monoisotopic (exact) mass is 277 g/mol. The zero-order valence-electron chi connectivity index (χ0n) is 9.75. The minimum absolute atomic E-state index is 0.0523. The van der Waals surface area contributed by atoms with E-state index >= 15 is 0 Å². The molecular weight excluding hydrogens is 266 g/mol. The van der Waals surface area contributed by atoms with Crippen LogP contribution in [0.5, 0.6) is 0 Å². The molecule has 104 valence electrons. The second kappa shape index (κ2) is 4.80. The zero-order chi connectivity index (χ0) is 14.2. The van der Waals surface area contributed by atoms with Crippen molar-refractivity contribution in [3.63, 3.8) is 0 Å². The Morgan fingerprint density at radius 1 is 1.32 bits per heavy atom. The van der Waals surface area contributed by atoms with E-state index in [-0.39, 0.29) is 18.7 Å². The van der Waals surface area contributed by atoms with Crippen molar-refractivity contribution in [2.24, 2.45) is 0 Å². The van der Waals surface area contributed by atoms with Gasteiger partial charge in [-0.25, -0.2) is 4.39 Å². The second-order valence-electron chi connectivity index (χ2n) is 4.42. The minimum Gasteiger partial charge on any atom is -0.391 e. The third-order valence-electron chi connectivity index (χ3n) is 2.92. The summed E-state index contributed by atoms with van der Waals surface area (Å²) in [4.78, 5) is 13.1. The molecule has 1 aromatic carbocycles. The Morgan fingerprint density at radius 2 is 2.00 bits per heavy atom. The van der Waals surface area contributed by atoms with Crippen molar-refractivity contribution in [1.29, 1.82) is 0 Å². The van der Waals surface area contributed by atoms with Gasteiger partial charge in [-0.1, -0.05) is 0 Å². The quantitative estimate of drug-likeness (QED) is 0.798. The Labute approximate surface area is 106 Å². The largest absolute Gasteiger partial charge is 0.416 e. The molecule has 0 unspecified atom stereocenters. The van der Waals surface area contributed by atoms with Gasteiger partial charge in [-0.3, -0.25) is 4.79 Å². The first-order chi connectivity index (χ1) is 8.77. The van der Waals surface area contributed by atoms with Gasteiger partial charge in [0.2, 0.25) is 0 Å². The fourth-order valence-electron chi connectivity index (χ4n) is 1.99. The summed E-state index contributed by atoms with van der Waals surface area (Å²) in [7, 11) is 0. The molecule has 1 aliphatic rings. The normalized spacial score (nSPS) is 19.8. The van der Waals surface area contributed by atoms with Crippen molar-refractivity contribution in [3.8, 4) is 0 Å². The number of rotatable bonds is 1. The standard InChI is InChI=1S/C12H11F4NO2/c13-9-4-7(3-8(5-9)12(14,15)16)11(19)17-2-1-10(18)6-17/h3-5,10,18H,1-2,6H2/t10-/m0/s1. The van der Waals surface area contributed by atoms with Gasteiger partial charge in [-0.2, -0.15) is 13.2 Å². The zero-order valence-corrected chi connectivity index (χ0v) is 9.75. The van der Waals surface area contributed by atoms with Crippen LogP contribution in [-0.2, 0) is 6.18 Å². The van der Waals surface area contributed by atoms with Gasteiger partial charge in [0.15, 0.2) is 0 Å². The Bertz CT molecular complexity index is 501. The highest BCUT2D eigenvalue weighted by atomic mass is 19.4. The van der Waals surface area contributed by atoms with Crippen LogP contribution in [0.3, 0.4) is 0 Å². The number of likely N-dealkylation sites (tertiary alicyclic amines) is 1. The SMILES string of the molecule is O=C(c1cc(F)cc(C(F)(F)F)c1)N1CC[C@H](O)C1. The molecule has 0 aromatic heterocycles. The van der Waals surface area contributed by atoms with E-state index in [0.29, 0.717) is 18.6 Å². The number of β-amino-alcohol motifs (C(OH)–C–C–N with tert-alkyl or cyclic N) is 1. The molecule has 0 saturated carbocycles. The third-order valence-corrected chi connectivity index (χ3v) is 2.92. The summed E-state index contributed by atoms with van der Waals surface area (Å²) in [5, 5.41) is 9.29. The summed E-state index contributed by atoms with van der Waals surface area (Å²) in [6.45, 7) is 0.300. The van der Waals surface area contributed by atoms with Gasteiger partial charge in [0.05, 0.1) is 11.7 Å². The number of carbonyl (C=O) groups is 1. The number of aliphatic hydroxyl groups excluding tert-OH is 1. The van der Waals surface area contributed by atoms with Crippen LogP contribution in [0.1, 0.15) is 22.3 Å². The molecule has 1 aromatic rings. The first kappa shape index (κ1) is 13.8. The topological polar surface area (TPSA) is 40.5 Å². The summed E-state index contributed by atoms with van der Waals surface area (Å²) in [5.74, 6) is -1.82. The smallest absolute Gasteiger partial charge is 0.391 e. The number of amides is 1. The molecule has 1 saturated heterocycles. The van der Waals surface area contributed by atoms with Crippen molar-refractivity contribution in [2.75, 3.05) is 13.1 Å². The average Bonchev–Trinajstić information content (AvgIpc) is 2.73. The van der Waals surface area contributed by atoms with Crippen LogP contribution in [-0.4, -0.2) is 35.1 Å². The van der Waals surface area contributed by atoms with E-state index in [1.807, 2.05) is 0 Å². The molecule has 1 aliphatic heterocycles. The van der Waals surface area contributed by atoms with Gasteiger partial charge in [0.1, 0.15) is 5.82 Å². The highest BCUT2D eigenvalue weighted by Gasteiger charge is 2.33. The molecule has 1 N–H and O–H groups in total. The maximum atomic E-state index is 13.2. The molecule has 3 nitrogen and oxygen atoms in total. The molecule has 2 rings (SSSR count).